The zero-order valence-electron chi connectivity index (χ0n) is 10.3. The van der Waals surface area contributed by atoms with E-state index in [9.17, 15) is 4.79 Å². The van der Waals surface area contributed by atoms with Crippen LogP contribution in [0.2, 0.25) is 0 Å². The van der Waals surface area contributed by atoms with E-state index in [1.165, 1.54) is 0 Å². The number of amides is 1. The molecule has 0 aliphatic carbocycles. The molecule has 94 valence electrons. The zero-order chi connectivity index (χ0) is 12.5. The van der Waals surface area contributed by atoms with Crippen LogP contribution < -0.4 is 5.32 Å². The van der Waals surface area contributed by atoms with Crippen molar-refractivity contribution in [1.82, 2.24) is 20.4 Å². The Bertz CT molecular complexity index is 577. The lowest BCUT2D eigenvalue weighted by Crippen LogP contribution is -2.51. The van der Waals surface area contributed by atoms with Gasteiger partial charge in [-0.15, -0.1) is 0 Å². The number of nitrogens with one attached hydrogen (secondary N) is 2. The molecule has 1 fully saturated rings. The number of aromatic nitrogens is 2. The molecule has 5 heteroatoms. The molecular weight excluding hydrogens is 228 g/mol. The van der Waals surface area contributed by atoms with Crippen LogP contribution in [0.4, 0.5) is 0 Å². The molecule has 1 saturated heterocycles. The number of aromatic amines is 1. The third-order valence-electron chi connectivity index (χ3n) is 3.34. The lowest BCUT2D eigenvalue weighted by molar-refractivity contribution is 0.0709. The van der Waals surface area contributed by atoms with Gasteiger partial charge in [-0.25, -0.2) is 0 Å². The number of H-pyrrole nitrogens is 1. The number of fused-ring (bicyclic) bond motifs is 1. The van der Waals surface area contributed by atoms with E-state index in [2.05, 4.69) is 22.4 Å². The van der Waals surface area contributed by atoms with Crippen LogP contribution in [0.1, 0.15) is 17.3 Å². The fourth-order valence-corrected chi connectivity index (χ4v) is 2.37. The van der Waals surface area contributed by atoms with Gasteiger partial charge in [-0.2, -0.15) is 5.10 Å². The van der Waals surface area contributed by atoms with Gasteiger partial charge in [-0.3, -0.25) is 9.89 Å². The molecule has 2 aromatic rings. The van der Waals surface area contributed by atoms with E-state index in [0.29, 0.717) is 6.04 Å². The number of carbonyl (C=O) groups excluding carboxylic acids is 1. The average Bonchev–Trinajstić information content (AvgIpc) is 2.85. The molecule has 0 unspecified atom stereocenters. The lowest BCUT2D eigenvalue weighted by atomic mass is 10.1. The molecule has 0 spiro atoms. The minimum absolute atomic E-state index is 0.0971. The number of nitrogens with zero attached hydrogens (tertiary/aromatic N) is 2. The van der Waals surface area contributed by atoms with Crippen molar-refractivity contribution in [3.8, 4) is 0 Å². The third-order valence-corrected chi connectivity index (χ3v) is 3.34. The number of rotatable bonds is 1. The van der Waals surface area contributed by atoms with E-state index in [1.54, 1.807) is 6.20 Å². The maximum atomic E-state index is 12.4. The summed E-state index contributed by atoms with van der Waals surface area (Å²) in [7, 11) is 0. The minimum Gasteiger partial charge on any atom is -0.336 e. The molecule has 1 amide bonds. The Kier molecular flexibility index (Phi) is 2.76. The average molecular weight is 244 g/mol. The summed E-state index contributed by atoms with van der Waals surface area (Å²) in [5.41, 5.74) is 1.63. The van der Waals surface area contributed by atoms with Crippen molar-refractivity contribution in [3.05, 3.63) is 30.0 Å². The van der Waals surface area contributed by atoms with Crippen LogP contribution in [0.25, 0.3) is 10.9 Å². The van der Waals surface area contributed by atoms with Gasteiger partial charge in [-0.05, 0) is 19.1 Å². The number of benzene rings is 1. The smallest absolute Gasteiger partial charge is 0.254 e. The van der Waals surface area contributed by atoms with Crippen LogP contribution in [-0.4, -0.2) is 46.7 Å². The summed E-state index contributed by atoms with van der Waals surface area (Å²) in [6.07, 6.45) is 1.76. The normalized spacial score (nSPS) is 20.3. The molecule has 1 atom stereocenters. The van der Waals surface area contributed by atoms with Crippen molar-refractivity contribution >= 4 is 16.8 Å². The highest BCUT2D eigenvalue weighted by molar-refractivity contribution is 5.97. The molecule has 1 aliphatic rings. The molecule has 0 saturated carbocycles. The Morgan fingerprint density at radius 1 is 1.50 bits per heavy atom. The topological polar surface area (TPSA) is 61.0 Å². The van der Waals surface area contributed by atoms with Crippen molar-refractivity contribution < 1.29 is 4.79 Å². The van der Waals surface area contributed by atoms with Gasteiger partial charge in [0.15, 0.2) is 0 Å². The summed E-state index contributed by atoms with van der Waals surface area (Å²) < 4.78 is 0. The molecule has 2 N–H and O–H groups in total. The molecule has 1 aromatic carbocycles. The van der Waals surface area contributed by atoms with Gasteiger partial charge in [0, 0.05) is 36.6 Å². The maximum absolute atomic E-state index is 12.4. The second-order valence-electron chi connectivity index (χ2n) is 4.78. The van der Waals surface area contributed by atoms with Gasteiger partial charge < -0.3 is 10.2 Å². The first-order chi connectivity index (χ1) is 8.74. The zero-order valence-corrected chi connectivity index (χ0v) is 10.3. The number of hydrogen-bond donors (Lipinski definition) is 2. The van der Waals surface area contributed by atoms with Gasteiger partial charge in [0.2, 0.25) is 0 Å². The van der Waals surface area contributed by atoms with Crippen LogP contribution in [0.5, 0.6) is 0 Å². The predicted molar refractivity (Wildman–Crippen MR) is 69.5 cm³/mol. The van der Waals surface area contributed by atoms with Gasteiger partial charge in [0.1, 0.15) is 0 Å². The summed E-state index contributed by atoms with van der Waals surface area (Å²) in [5.74, 6) is 0.0971. The number of piperazine rings is 1. The Morgan fingerprint density at radius 3 is 3.22 bits per heavy atom. The fraction of sp³-hybridized carbons (Fsp3) is 0.385. The fourth-order valence-electron chi connectivity index (χ4n) is 2.37. The van der Waals surface area contributed by atoms with E-state index in [-0.39, 0.29) is 5.91 Å². The highest BCUT2D eigenvalue weighted by Gasteiger charge is 2.21. The van der Waals surface area contributed by atoms with E-state index >= 15 is 0 Å². The van der Waals surface area contributed by atoms with E-state index in [1.807, 2.05) is 23.1 Å². The van der Waals surface area contributed by atoms with Gasteiger partial charge in [0.25, 0.3) is 5.91 Å². The summed E-state index contributed by atoms with van der Waals surface area (Å²) in [4.78, 5) is 14.3. The summed E-state index contributed by atoms with van der Waals surface area (Å²) in [5, 5.41) is 11.2. The Labute approximate surface area is 105 Å². The van der Waals surface area contributed by atoms with Crippen molar-refractivity contribution in [1.29, 1.82) is 0 Å². The quantitative estimate of drug-likeness (QED) is 0.786. The predicted octanol–water partition coefficient (Wildman–Crippen LogP) is 0.997. The van der Waals surface area contributed by atoms with Crippen LogP contribution in [0, 0.1) is 0 Å². The monoisotopic (exact) mass is 244 g/mol. The second-order valence-corrected chi connectivity index (χ2v) is 4.78. The first kappa shape index (κ1) is 11.2. The molecule has 0 radical (unpaired) electrons. The minimum atomic E-state index is 0.0971. The molecule has 1 aromatic heterocycles. The third kappa shape index (κ3) is 1.97. The number of hydrogen-bond acceptors (Lipinski definition) is 3. The van der Waals surface area contributed by atoms with Crippen molar-refractivity contribution in [2.24, 2.45) is 0 Å². The highest BCUT2D eigenvalue weighted by Crippen LogP contribution is 2.15. The van der Waals surface area contributed by atoms with E-state index < -0.39 is 0 Å². The summed E-state index contributed by atoms with van der Waals surface area (Å²) in [6.45, 7) is 4.49. The first-order valence-corrected chi connectivity index (χ1v) is 6.20. The summed E-state index contributed by atoms with van der Waals surface area (Å²) in [6, 6.07) is 6.03. The van der Waals surface area contributed by atoms with Crippen molar-refractivity contribution in [2.75, 3.05) is 19.6 Å². The number of carbonyl (C=O) groups is 1. The molecule has 18 heavy (non-hydrogen) atoms. The Balaban J connectivity index is 1.86. The van der Waals surface area contributed by atoms with Crippen LogP contribution >= 0.6 is 0 Å². The Hall–Kier alpha value is -1.88. The van der Waals surface area contributed by atoms with Crippen LogP contribution in [0.15, 0.2) is 24.4 Å². The standard InChI is InChI=1S/C13H16N4O/c1-9-8-17(5-4-14-9)13(18)10-2-3-11-7-15-16-12(11)6-10/h2-3,6-7,9,14H,4-5,8H2,1H3,(H,15,16)/t9-/m0/s1. The van der Waals surface area contributed by atoms with Crippen LogP contribution in [-0.2, 0) is 0 Å². The van der Waals surface area contributed by atoms with Gasteiger partial charge in [0.05, 0.1) is 11.7 Å². The molecule has 2 heterocycles. The maximum Gasteiger partial charge on any atom is 0.254 e. The Morgan fingerprint density at radius 2 is 2.39 bits per heavy atom. The van der Waals surface area contributed by atoms with E-state index in [0.717, 1.165) is 36.1 Å². The molecule has 5 nitrogen and oxygen atoms in total. The van der Waals surface area contributed by atoms with Gasteiger partial charge >= 0.3 is 0 Å². The lowest BCUT2D eigenvalue weighted by Gasteiger charge is -2.31. The molecule has 1 aliphatic heterocycles. The molecule has 3 rings (SSSR count). The van der Waals surface area contributed by atoms with E-state index in [4.69, 9.17) is 0 Å². The van der Waals surface area contributed by atoms with Gasteiger partial charge in [-0.1, -0.05) is 6.07 Å². The molecular formula is C13H16N4O. The second kappa shape index (κ2) is 4.42. The SMILES string of the molecule is C[C@H]1CN(C(=O)c2ccc3cn[nH]c3c2)CCN1. The van der Waals surface area contributed by atoms with Crippen LogP contribution in [0.3, 0.4) is 0 Å². The largest absolute Gasteiger partial charge is 0.336 e. The first-order valence-electron chi connectivity index (χ1n) is 6.20. The van der Waals surface area contributed by atoms with Crippen molar-refractivity contribution in [2.45, 2.75) is 13.0 Å². The highest BCUT2D eigenvalue weighted by atomic mass is 16.2. The van der Waals surface area contributed by atoms with Crippen molar-refractivity contribution in [3.63, 3.8) is 0 Å². The summed E-state index contributed by atoms with van der Waals surface area (Å²) >= 11 is 0. The molecule has 0 bridgehead atoms.